The molecule has 1 N–H and O–H groups in total. The molecule has 0 aromatic heterocycles. The SMILES string of the molecule is O=[N+]([O-])c1c(Br)cccc1[CH]O. The van der Waals surface area contributed by atoms with Crippen molar-refractivity contribution in [2.75, 3.05) is 0 Å². The third kappa shape index (κ3) is 1.62. The molecule has 0 heterocycles. The fourth-order valence-electron chi connectivity index (χ4n) is 0.829. The van der Waals surface area contributed by atoms with Crippen LogP contribution < -0.4 is 0 Å². The van der Waals surface area contributed by atoms with Crippen molar-refractivity contribution in [3.05, 3.63) is 45.0 Å². The van der Waals surface area contributed by atoms with Crippen LogP contribution in [0.5, 0.6) is 0 Å². The van der Waals surface area contributed by atoms with Gasteiger partial charge in [0, 0.05) is 0 Å². The van der Waals surface area contributed by atoms with E-state index in [1.165, 1.54) is 6.07 Å². The molecule has 0 aliphatic carbocycles. The molecule has 0 unspecified atom stereocenters. The number of nitrogens with zero attached hydrogens (tertiary/aromatic N) is 1. The molecule has 0 aliphatic heterocycles. The van der Waals surface area contributed by atoms with E-state index in [0.717, 1.165) is 0 Å². The fourth-order valence-corrected chi connectivity index (χ4v) is 1.36. The van der Waals surface area contributed by atoms with Gasteiger partial charge >= 0.3 is 0 Å². The van der Waals surface area contributed by atoms with Crippen molar-refractivity contribution in [3.63, 3.8) is 0 Å². The quantitative estimate of drug-likeness (QED) is 0.626. The van der Waals surface area contributed by atoms with Crippen molar-refractivity contribution in [2.45, 2.75) is 0 Å². The Labute approximate surface area is 77.1 Å². The number of rotatable bonds is 2. The van der Waals surface area contributed by atoms with Crippen LogP contribution in [-0.4, -0.2) is 10.0 Å². The summed E-state index contributed by atoms with van der Waals surface area (Å²) in [5, 5.41) is 19.1. The Morgan fingerprint density at radius 3 is 2.67 bits per heavy atom. The molecule has 0 bridgehead atoms. The molecular weight excluding hydrogens is 226 g/mol. The number of aliphatic hydroxyl groups is 1. The van der Waals surface area contributed by atoms with E-state index >= 15 is 0 Å². The van der Waals surface area contributed by atoms with Crippen molar-refractivity contribution in [1.29, 1.82) is 0 Å². The third-order valence-electron chi connectivity index (χ3n) is 1.34. The molecular formula is C7H5BrNO3. The Morgan fingerprint density at radius 2 is 2.25 bits per heavy atom. The molecule has 0 saturated carbocycles. The van der Waals surface area contributed by atoms with Crippen LogP contribution in [0.2, 0.25) is 0 Å². The molecule has 12 heavy (non-hydrogen) atoms. The first-order valence-electron chi connectivity index (χ1n) is 3.07. The molecule has 0 fully saturated rings. The molecule has 1 radical (unpaired) electrons. The van der Waals surface area contributed by atoms with Gasteiger partial charge in [-0.1, -0.05) is 6.07 Å². The number of hydrogen-bond acceptors (Lipinski definition) is 3. The Kier molecular flexibility index (Phi) is 2.78. The van der Waals surface area contributed by atoms with E-state index in [-0.39, 0.29) is 11.3 Å². The summed E-state index contributed by atoms with van der Waals surface area (Å²) in [5.74, 6) is 0. The lowest BCUT2D eigenvalue weighted by Gasteiger charge is -1.99. The highest BCUT2D eigenvalue weighted by Gasteiger charge is 2.16. The van der Waals surface area contributed by atoms with Gasteiger partial charge in [0.15, 0.2) is 0 Å². The second-order valence-electron chi connectivity index (χ2n) is 2.06. The first-order valence-corrected chi connectivity index (χ1v) is 3.86. The number of para-hydroxylation sites is 1. The zero-order chi connectivity index (χ0) is 9.14. The minimum atomic E-state index is -0.549. The van der Waals surface area contributed by atoms with Gasteiger partial charge in [-0.25, -0.2) is 0 Å². The molecule has 0 aliphatic rings. The lowest BCUT2D eigenvalue weighted by atomic mass is 10.2. The monoisotopic (exact) mass is 230 g/mol. The Hall–Kier alpha value is -0.940. The maximum atomic E-state index is 10.4. The van der Waals surface area contributed by atoms with E-state index < -0.39 is 4.92 Å². The second-order valence-corrected chi connectivity index (χ2v) is 2.92. The largest absolute Gasteiger partial charge is 0.385 e. The van der Waals surface area contributed by atoms with Gasteiger partial charge in [0.2, 0.25) is 0 Å². The standard InChI is InChI=1S/C7H5BrNO3/c8-6-3-1-2-5(4-10)7(6)9(11)12/h1-4,10H. The highest BCUT2D eigenvalue weighted by atomic mass is 79.9. The van der Waals surface area contributed by atoms with E-state index in [2.05, 4.69) is 15.9 Å². The number of hydrogen-bond donors (Lipinski definition) is 1. The van der Waals surface area contributed by atoms with Crippen LogP contribution in [-0.2, 0) is 0 Å². The fraction of sp³-hybridized carbons (Fsp3) is 0. The minimum absolute atomic E-state index is 0.125. The summed E-state index contributed by atoms with van der Waals surface area (Å²) < 4.78 is 0.357. The van der Waals surface area contributed by atoms with Gasteiger partial charge in [0.1, 0.15) is 6.61 Å². The zero-order valence-electron chi connectivity index (χ0n) is 5.90. The maximum absolute atomic E-state index is 10.4. The number of nitro benzene ring substituents is 1. The predicted octanol–water partition coefficient (Wildman–Crippen LogP) is 2.24. The molecule has 1 aromatic rings. The van der Waals surface area contributed by atoms with E-state index in [9.17, 15) is 10.1 Å². The van der Waals surface area contributed by atoms with Gasteiger partial charge in [-0.3, -0.25) is 10.1 Å². The third-order valence-corrected chi connectivity index (χ3v) is 1.98. The maximum Gasteiger partial charge on any atom is 0.289 e. The molecule has 4 nitrogen and oxygen atoms in total. The summed E-state index contributed by atoms with van der Waals surface area (Å²) in [6, 6.07) is 4.62. The summed E-state index contributed by atoms with van der Waals surface area (Å²) in [6.07, 6.45) is 0. The first kappa shape index (κ1) is 9.15. The molecule has 0 spiro atoms. The smallest absolute Gasteiger partial charge is 0.289 e. The van der Waals surface area contributed by atoms with Crippen molar-refractivity contribution in [3.8, 4) is 0 Å². The van der Waals surface area contributed by atoms with Crippen LogP contribution in [0.4, 0.5) is 5.69 Å². The van der Waals surface area contributed by atoms with E-state index in [0.29, 0.717) is 11.1 Å². The Bertz CT molecular complexity index is 314. The normalized spacial score (nSPS) is 9.83. The van der Waals surface area contributed by atoms with Gasteiger partial charge in [-0.05, 0) is 28.1 Å². The van der Waals surface area contributed by atoms with Crippen molar-refractivity contribution < 1.29 is 10.0 Å². The van der Waals surface area contributed by atoms with Crippen LogP contribution in [0, 0.1) is 16.7 Å². The summed E-state index contributed by atoms with van der Waals surface area (Å²) >= 11 is 3.02. The van der Waals surface area contributed by atoms with E-state index in [4.69, 9.17) is 5.11 Å². The van der Waals surface area contributed by atoms with Gasteiger partial charge < -0.3 is 5.11 Å². The van der Waals surface area contributed by atoms with Gasteiger partial charge in [0.25, 0.3) is 5.69 Å². The van der Waals surface area contributed by atoms with Crippen LogP contribution in [0.3, 0.4) is 0 Å². The van der Waals surface area contributed by atoms with Crippen LogP contribution in [0.25, 0.3) is 0 Å². The molecule has 5 heteroatoms. The van der Waals surface area contributed by atoms with Crippen LogP contribution in [0.15, 0.2) is 22.7 Å². The molecule has 0 atom stereocenters. The molecule has 1 aromatic carbocycles. The minimum Gasteiger partial charge on any atom is -0.385 e. The summed E-state index contributed by atoms with van der Waals surface area (Å²) in [5.41, 5.74) is 0.0642. The van der Waals surface area contributed by atoms with E-state index in [1.807, 2.05) is 0 Å². The molecule has 1 rings (SSSR count). The van der Waals surface area contributed by atoms with Crippen molar-refractivity contribution >= 4 is 21.6 Å². The Morgan fingerprint density at radius 1 is 1.58 bits per heavy atom. The highest BCUT2D eigenvalue weighted by molar-refractivity contribution is 9.10. The zero-order valence-corrected chi connectivity index (χ0v) is 7.48. The number of halogens is 1. The topological polar surface area (TPSA) is 63.4 Å². The first-order chi connectivity index (χ1) is 5.66. The summed E-state index contributed by atoms with van der Waals surface area (Å²) in [7, 11) is 0. The Balaban J connectivity index is 3.29. The number of nitro groups is 1. The van der Waals surface area contributed by atoms with Crippen LogP contribution in [0.1, 0.15) is 5.56 Å². The van der Waals surface area contributed by atoms with E-state index in [1.54, 1.807) is 12.1 Å². The van der Waals surface area contributed by atoms with Gasteiger partial charge in [-0.2, -0.15) is 0 Å². The van der Waals surface area contributed by atoms with Gasteiger partial charge in [0.05, 0.1) is 15.0 Å². The highest BCUT2D eigenvalue weighted by Crippen LogP contribution is 2.28. The second kappa shape index (κ2) is 3.64. The molecule has 0 amide bonds. The molecule has 63 valence electrons. The van der Waals surface area contributed by atoms with Gasteiger partial charge in [-0.15, -0.1) is 0 Å². The number of aliphatic hydroxyl groups excluding tert-OH is 1. The van der Waals surface area contributed by atoms with Crippen molar-refractivity contribution in [1.82, 2.24) is 0 Å². The lowest BCUT2D eigenvalue weighted by molar-refractivity contribution is -0.386. The lowest BCUT2D eigenvalue weighted by Crippen LogP contribution is -1.94. The summed E-state index contributed by atoms with van der Waals surface area (Å²) in [6.45, 7) is 0.711. The number of benzene rings is 1. The predicted molar refractivity (Wildman–Crippen MR) is 46.1 cm³/mol. The van der Waals surface area contributed by atoms with Crippen molar-refractivity contribution in [2.24, 2.45) is 0 Å². The average molecular weight is 231 g/mol. The van der Waals surface area contributed by atoms with Crippen LogP contribution >= 0.6 is 15.9 Å². The molecule has 0 saturated heterocycles. The average Bonchev–Trinajstić information content (AvgIpc) is 2.03. The summed E-state index contributed by atoms with van der Waals surface area (Å²) in [4.78, 5) is 9.90.